The molecule has 0 bridgehead atoms. The summed E-state index contributed by atoms with van der Waals surface area (Å²) in [6.45, 7) is 12.7. The molecule has 34 valence electrons. The Morgan fingerprint density at radius 3 is 1.50 bits per heavy atom. The Kier molecular flexibility index (Phi) is 1.40. The summed E-state index contributed by atoms with van der Waals surface area (Å²) in [6.07, 6.45) is 1.44. The van der Waals surface area contributed by atoms with Crippen molar-refractivity contribution < 1.29 is 0 Å². The average Bonchev–Trinajstić information content (AvgIpc) is 1.35. The van der Waals surface area contributed by atoms with Gasteiger partial charge in [0.05, 0.1) is 0 Å². The van der Waals surface area contributed by atoms with Crippen molar-refractivity contribution in [3.05, 3.63) is 12.7 Å². The first kappa shape index (κ1) is 5.74. The van der Waals surface area contributed by atoms with Crippen LogP contribution in [0.5, 0.6) is 0 Å². The first-order valence-corrected chi connectivity index (χ1v) is 2.08. The molecule has 0 nitrogen and oxygen atoms in total. The second-order valence-electron chi connectivity index (χ2n) is 2.51. The van der Waals surface area contributed by atoms with Crippen molar-refractivity contribution in [3.8, 4) is 0 Å². The van der Waals surface area contributed by atoms with Crippen LogP contribution in [0.2, 0.25) is 0 Å². The third kappa shape index (κ3) is 3.74. The highest BCUT2D eigenvalue weighted by Gasteiger charge is 2.00. The Hall–Kier alpha value is -0.260. The molecule has 0 saturated carbocycles. The maximum atomic E-state index is 6.73. The second-order valence-corrected chi connectivity index (χ2v) is 2.51. The molecule has 0 atom stereocenters. The third-order valence-corrected chi connectivity index (χ3v) is 0.433. The highest BCUT2D eigenvalue weighted by molar-refractivity contribution is 4.79. The van der Waals surface area contributed by atoms with Gasteiger partial charge >= 0.3 is 0 Å². The van der Waals surface area contributed by atoms with Crippen LogP contribution in [-0.2, 0) is 0 Å². The van der Waals surface area contributed by atoms with E-state index in [4.69, 9.17) is 6.58 Å². The van der Waals surface area contributed by atoms with Gasteiger partial charge in [-0.2, -0.15) is 0 Å². The molecule has 0 aliphatic carbocycles. The van der Waals surface area contributed by atoms with Gasteiger partial charge in [0.25, 0.3) is 0 Å². The van der Waals surface area contributed by atoms with Gasteiger partial charge in [0.1, 0.15) is 0 Å². The van der Waals surface area contributed by atoms with Gasteiger partial charge in [0.15, 0.2) is 0 Å². The monoisotopic (exact) mass is 82.1 g/mol. The number of hydrogen-bond donors (Lipinski definition) is 0. The summed E-state index contributed by atoms with van der Waals surface area (Å²) in [5, 5.41) is 0. The minimum Gasteiger partial charge on any atom is -0.0706 e. The Balaban J connectivity index is 3.45. The molecule has 0 aromatic carbocycles. The van der Waals surface area contributed by atoms with Gasteiger partial charge in [-0.3, -0.25) is 0 Å². The molecule has 0 N–H and O–H groups in total. The summed E-state index contributed by atoms with van der Waals surface area (Å²) >= 11 is 0. The molecule has 0 saturated heterocycles. The van der Waals surface area contributed by atoms with Gasteiger partial charge < -0.3 is 0 Å². The molecule has 0 heteroatoms. The van der Waals surface area contributed by atoms with E-state index < -0.39 is 0 Å². The lowest BCUT2D eigenvalue weighted by Gasteiger charge is -2.07. The van der Waals surface area contributed by atoms with Crippen LogP contribution in [0.1, 0.15) is 20.8 Å². The molecule has 0 spiro atoms. The molecule has 0 aliphatic heterocycles. The Labute approximate surface area is 39.9 Å². The van der Waals surface area contributed by atoms with Crippen LogP contribution in [0.4, 0.5) is 0 Å². The standard InChI is InChI=1S/C6H10/c1-5-6(2,3)4/h5H,2-4H3. The minimum absolute atomic E-state index is 0.0833. The highest BCUT2D eigenvalue weighted by atomic mass is 14.0. The molecule has 0 fully saturated rings. The summed E-state index contributed by atoms with van der Waals surface area (Å²) in [4.78, 5) is 0. The first-order valence-electron chi connectivity index (χ1n) is 2.08. The van der Waals surface area contributed by atoms with Gasteiger partial charge in [-0.1, -0.05) is 26.8 Å². The van der Waals surface area contributed by atoms with Crippen molar-refractivity contribution in [3.63, 3.8) is 0 Å². The zero-order valence-corrected chi connectivity index (χ0v) is 4.58. The SMILES string of the molecule is [C]=CC(C)(C)C. The third-order valence-electron chi connectivity index (χ3n) is 0.433. The molecule has 0 amide bonds. The number of hydrogen-bond acceptors (Lipinski definition) is 0. The number of allylic oxidation sites excluding steroid dienone is 1. The van der Waals surface area contributed by atoms with E-state index in [1.165, 1.54) is 6.08 Å². The Morgan fingerprint density at radius 1 is 1.33 bits per heavy atom. The van der Waals surface area contributed by atoms with Crippen molar-refractivity contribution in [1.29, 1.82) is 0 Å². The van der Waals surface area contributed by atoms with Crippen molar-refractivity contribution >= 4 is 0 Å². The van der Waals surface area contributed by atoms with E-state index in [1.807, 2.05) is 20.8 Å². The van der Waals surface area contributed by atoms with Crippen molar-refractivity contribution in [2.24, 2.45) is 5.41 Å². The molecule has 0 aliphatic rings. The smallest absolute Gasteiger partial charge is 0.0140 e. The van der Waals surface area contributed by atoms with Crippen LogP contribution < -0.4 is 0 Å². The average molecular weight is 82.1 g/mol. The van der Waals surface area contributed by atoms with E-state index in [2.05, 4.69) is 0 Å². The van der Waals surface area contributed by atoms with Crippen LogP contribution >= 0.6 is 0 Å². The van der Waals surface area contributed by atoms with Gasteiger partial charge in [0, 0.05) is 0 Å². The lowest BCUT2D eigenvalue weighted by atomic mass is 9.98. The molecule has 0 rings (SSSR count). The number of rotatable bonds is 0. The maximum absolute atomic E-state index is 6.73. The van der Waals surface area contributed by atoms with Crippen molar-refractivity contribution in [2.45, 2.75) is 20.8 Å². The van der Waals surface area contributed by atoms with Gasteiger partial charge in [-0.05, 0) is 12.0 Å². The van der Waals surface area contributed by atoms with E-state index in [0.29, 0.717) is 0 Å². The van der Waals surface area contributed by atoms with Gasteiger partial charge in [-0.25, -0.2) is 0 Å². The Bertz CT molecular complexity index is 45.5. The predicted molar refractivity (Wildman–Crippen MR) is 27.3 cm³/mol. The summed E-state index contributed by atoms with van der Waals surface area (Å²) in [7, 11) is 0. The van der Waals surface area contributed by atoms with E-state index in [0.717, 1.165) is 0 Å². The fourth-order valence-electron chi connectivity index (χ4n) is 0. The Morgan fingerprint density at radius 2 is 1.50 bits per heavy atom. The van der Waals surface area contributed by atoms with E-state index >= 15 is 0 Å². The second kappa shape index (κ2) is 1.46. The van der Waals surface area contributed by atoms with Crippen LogP contribution in [-0.4, -0.2) is 0 Å². The van der Waals surface area contributed by atoms with Crippen LogP contribution in [0, 0.1) is 12.0 Å². The fraction of sp³-hybridized carbons (Fsp3) is 0.667. The molecule has 0 unspecified atom stereocenters. The quantitative estimate of drug-likeness (QED) is 0.418. The van der Waals surface area contributed by atoms with Gasteiger partial charge in [0.2, 0.25) is 0 Å². The molecule has 0 heterocycles. The summed E-state index contributed by atoms with van der Waals surface area (Å²) in [5.41, 5.74) is 0.0833. The lowest BCUT2D eigenvalue weighted by Crippen LogP contribution is -1.96. The van der Waals surface area contributed by atoms with Crippen LogP contribution in [0.25, 0.3) is 0 Å². The van der Waals surface area contributed by atoms with Crippen molar-refractivity contribution in [2.75, 3.05) is 0 Å². The molecular weight excluding hydrogens is 72.1 g/mol. The zero-order valence-electron chi connectivity index (χ0n) is 4.58. The highest BCUT2D eigenvalue weighted by Crippen LogP contribution is 2.11. The van der Waals surface area contributed by atoms with E-state index in [9.17, 15) is 0 Å². The molecular formula is C6H10. The van der Waals surface area contributed by atoms with Crippen molar-refractivity contribution in [1.82, 2.24) is 0 Å². The minimum atomic E-state index is 0.0833. The van der Waals surface area contributed by atoms with E-state index in [-0.39, 0.29) is 5.41 Å². The topological polar surface area (TPSA) is 0 Å². The van der Waals surface area contributed by atoms with Gasteiger partial charge in [-0.15, -0.1) is 0 Å². The summed E-state index contributed by atoms with van der Waals surface area (Å²) in [6, 6.07) is 0. The maximum Gasteiger partial charge on any atom is -0.0140 e. The summed E-state index contributed by atoms with van der Waals surface area (Å²) in [5.74, 6) is 0. The summed E-state index contributed by atoms with van der Waals surface area (Å²) < 4.78 is 0. The predicted octanol–water partition coefficient (Wildman–Crippen LogP) is 1.90. The normalized spacial score (nSPS) is 11.2. The fourth-order valence-corrected chi connectivity index (χ4v) is 0. The molecule has 0 aromatic rings. The molecule has 6 heavy (non-hydrogen) atoms. The largest absolute Gasteiger partial charge is 0.0706 e. The zero-order chi connectivity index (χ0) is 5.21. The molecule has 2 radical (unpaired) electrons. The first-order chi connectivity index (χ1) is 2.56. The lowest BCUT2D eigenvalue weighted by molar-refractivity contribution is 0.544. The van der Waals surface area contributed by atoms with Crippen LogP contribution in [0.3, 0.4) is 0 Å². The molecule has 0 aromatic heterocycles. The van der Waals surface area contributed by atoms with E-state index in [1.54, 1.807) is 0 Å². The van der Waals surface area contributed by atoms with Crippen LogP contribution in [0.15, 0.2) is 6.08 Å².